The lowest BCUT2D eigenvalue weighted by molar-refractivity contribution is -0.0243. The van der Waals surface area contributed by atoms with Crippen molar-refractivity contribution < 1.29 is 14.9 Å². The molecule has 100 valence electrons. The molecule has 7 heteroatoms. The first-order chi connectivity index (χ1) is 8.59. The normalized spacial score (nSPS) is 24.1. The van der Waals surface area contributed by atoms with Gasteiger partial charge in [-0.3, -0.25) is 0 Å². The van der Waals surface area contributed by atoms with Crippen LogP contribution in [0.5, 0.6) is 5.75 Å². The van der Waals surface area contributed by atoms with Crippen LogP contribution in [-0.4, -0.2) is 52.6 Å². The van der Waals surface area contributed by atoms with Gasteiger partial charge in [-0.1, -0.05) is 0 Å². The number of aliphatic hydroxyl groups is 2. The Morgan fingerprint density at radius 1 is 1.56 bits per heavy atom. The molecule has 1 unspecified atom stereocenters. The number of hydrogen-bond donors (Lipinski definition) is 3. The van der Waals surface area contributed by atoms with Crippen molar-refractivity contribution in [2.24, 2.45) is 0 Å². The number of aliphatic hydroxyl groups excluding tert-OH is 1. The minimum atomic E-state index is -1.09. The Morgan fingerprint density at radius 2 is 2.33 bits per heavy atom. The van der Waals surface area contributed by atoms with Crippen molar-refractivity contribution in [1.82, 2.24) is 9.97 Å². The Morgan fingerprint density at radius 3 is 3.00 bits per heavy atom. The molecule has 2 heterocycles. The molecule has 18 heavy (non-hydrogen) atoms. The van der Waals surface area contributed by atoms with E-state index in [4.69, 9.17) is 10.5 Å². The van der Waals surface area contributed by atoms with Gasteiger partial charge in [0, 0.05) is 6.54 Å². The van der Waals surface area contributed by atoms with E-state index in [9.17, 15) is 10.2 Å². The number of anilines is 2. The van der Waals surface area contributed by atoms with Crippen molar-refractivity contribution in [3.63, 3.8) is 0 Å². The second-order valence-electron chi connectivity index (χ2n) is 4.52. The minimum absolute atomic E-state index is 0.264. The standard InChI is InChI=1S/C11H18N4O3/c1-18-8-9(12)13-7-14-10(8)15-4-2-3-11(17,5-15)6-16/h7,16-17H,2-6H2,1H3,(H2,12,13,14). The number of nitrogens with two attached hydrogens (primary N) is 1. The largest absolute Gasteiger partial charge is 0.490 e. The van der Waals surface area contributed by atoms with Crippen LogP contribution in [0.2, 0.25) is 0 Å². The van der Waals surface area contributed by atoms with Crippen LogP contribution in [-0.2, 0) is 0 Å². The molecule has 0 radical (unpaired) electrons. The number of ether oxygens (including phenoxy) is 1. The Labute approximate surface area is 105 Å². The maximum atomic E-state index is 10.1. The Balaban J connectivity index is 2.29. The van der Waals surface area contributed by atoms with Gasteiger partial charge in [-0.05, 0) is 12.8 Å². The van der Waals surface area contributed by atoms with Crippen molar-refractivity contribution in [3.05, 3.63) is 6.33 Å². The molecule has 2 rings (SSSR count). The number of aromatic nitrogens is 2. The molecular formula is C11H18N4O3. The summed E-state index contributed by atoms with van der Waals surface area (Å²) in [6.45, 7) is 0.762. The van der Waals surface area contributed by atoms with E-state index in [1.807, 2.05) is 4.90 Å². The summed E-state index contributed by atoms with van der Waals surface area (Å²) in [7, 11) is 1.50. The minimum Gasteiger partial charge on any atom is -0.490 e. The van der Waals surface area contributed by atoms with E-state index in [1.165, 1.54) is 13.4 Å². The van der Waals surface area contributed by atoms with Crippen LogP contribution in [0.1, 0.15) is 12.8 Å². The van der Waals surface area contributed by atoms with Crippen LogP contribution in [0, 0.1) is 0 Å². The van der Waals surface area contributed by atoms with Gasteiger partial charge in [0.2, 0.25) is 5.75 Å². The van der Waals surface area contributed by atoms with Crippen molar-refractivity contribution in [3.8, 4) is 5.75 Å². The predicted molar refractivity (Wildman–Crippen MR) is 66.5 cm³/mol. The fraction of sp³-hybridized carbons (Fsp3) is 0.636. The number of nitrogens with zero attached hydrogens (tertiary/aromatic N) is 3. The van der Waals surface area contributed by atoms with E-state index < -0.39 is 5.60 Å². The Bertz CT molecular complexity index is 429. The van der Waals surface area contributed by atoms with Gasteiger partial charge in [-0.15, -0.1) is 0 Å². The van der Waals surface area contributed by atoms with E-state index in [0.29, 0.717) is 24.5 Å². The topological polar surface area (TPSA) is 105 Å². The molecule has 0 aliphatic carbocycles. The second-order valence-corrected chi connectivity index (χ2v) is 4.52. The molecule has 0 saturated carbocycles. The second kappa shape index (κ2) is 4.95. The van der Waals surface area contributed by atoms with Gasteiger partial charge in [0.15, 0.2) is 11.6 Å². The van der Waals surface area contributed by atoms with Crippen LogP contribution in [0.25, 0.3) is 0 Å². The number of methoxy groups -OCH3 is 1. The lowest BCUT2D eigenvalue weighted by Gasteiger charge is -2.38. The molecule has 0 bridgehead atoms. The van der Waals surface area contributed by atoms with Crippen LogP contribution >= 0.6 is 0 Å². The molecule has 0 amide bonds. The Kier molecular flexibility index (Phi) is 3.53. The first-order valence-corrected chi connectivity index (χ1v) is 5.82. The van der Waals surface area contributed by atoms with Crippen LogP contribution < -0.4 is 15.4 Å². The van der Waals surface area contributed by atoms with Gasteiger partial charge in [-0.2, -0.15) is 0 Å². The molecule has 1 aromatic rings. The van der Waals surface area contributed by atoms with Gasteiger partial charge < -0.3 is 25.6 Å². The highest BCUT2D eigenvalue weighted by molar-refractivity contribution is 5.63. The summed E-state index contributed by atoms with van der Waals surface area (Å²) in [5.74, 6) is 1.22. The molecule has 4 N–H and O–H groups in total. The first kappa shape index (κ1) is 12.8. The number of β-amino-alcohol motifs (C(OH)–C–C–N with tert-alkyl or cyclic N) is 1. The molecule has 1 fully saturated rings. The monoisotopic (exact) mass is 254 g/mol. The maximum absolute atomic E-state index is 10.1. The SMILES string of the molecule is COc1c(N)ncnc1N1CCCC(O)(CO)C1. The van der Waals surface area contributed by atoms with Gasteiger partial charge in [0.25, 0.3) is 0 Å². The highest BCUT2D eigenvalue weighted by atomic mass is 16.5. The van der Waals surface area contributed by atoms with Gasteiger partial charge in [0.1, 0.15) is 11.9 Å². The lowest BCUT2D eigenvalue weighted by atomic mass is 9.94. The van der Waals surface area contributed by atoms with Crippen LogP contribution in [0.3, 0.4) is 0 Å². The third kappa shape index (κ3) is 2.32. The fourth-order valence-electron chi connectivity index (χ4n) is 2.22. The summed E-state index contributed by atoms with van der Waals surface area (Å²) in [5.41, 5.74) is 4.63. The summed E-state index contributed by atoms with van der Waals surface area (Å²) in [4.78, 5) is 9.87. The van der Waals surface area contributed by atoms with E-state index in [0.717, 1.165) is 13.0 Å². The number of rotatable bonds is 3. The van der Waals surface area contributed by atoms with E-state index in [-0.39, 0.29) is 12.4 Å². The van der Waals surface area contributed by atoms with Crippen molar-refractivity contribution in [2.75, 3.05) is 37.4 Å². The summed E-state index contributed by atoms with van der Waals surface area (Å²) in [5, 5.41) is 19.4. The van der Waals surface area contributed by atoms with Gasteiger partial charge in [-0.25, -0.2) is 9.97 Å². The number of hydrogen-bond acceptors (Lipinski definition) is 7. The highest BCUT2D eigenvalue weighted by Crippen LogP contribution is 2.33. The van der Waals surface area contributed by atoms with E-state index in [1.54, 1.807) is 0 Å². The molecule has 1 saturated heterocycles. The first-order valence-electron chi connectivity index (χ1n) is 5.82. The predicted octanol–water partition coefficient (Wildman–Crippen LogP) is -0.609. The molecule has 1 aliphatic heterocycles. The fourth-order valence-corrected chi connectivity index (χ4v) is 2.22. The third-order valence-electron chi connectivity index (χ3n) is 3.17. The van der Waals surface area contributed by atoms with Crippen molar-refractivity contribution >= 4 is 11.6 Å². The Hall–Kier alpha value is -1.60. The molecule has 7 nitrogen and oxygen atoms in total. The molecular weight excluding hydrogens is 236 g/mol. The summed E-state index contributed by atoms with van der Waals surface area (Å²) in [6, 6.07) is 0. The quantitative estimate of drug-likeness (QED) is 0.661. The number of piperidine rings is 1. The average Bonchev–Trinajstić information content (AvgIpc) is 2.38. The van der Waals surface area contributed by atoms with Gasteiger partial charge >= 0.3 is 0 Å². The van der Waals surface area contributed by atoms with Crippen molar-refractivity contribution in [1.29, 1.82) is 0 Å². The molecule has 0 spiro atoms. The maximum Gasteiger partial charge on any atom is 0.204 e. The van der Waals surface area contributed by atoms with Crippen molar-refractivity contribution in [2.45, 2.75) is 18.4 Å². The average molecular weight is 254 g/mol. The zero-order valence-electron chi connectivity index (χ0n) is 10.3. The van der Waals surface area contributed by atoms with Crippen LogP contribution in [0.4, 0.5) is 11.6 Å². The summed E-state index contributed by atoms with van der Waals surface area (Å²) < 4.78 is 5.20. The smallest absolute Gasteiger partial charge is 0.204 e. The zero-order valence-corrected chi connectivity index (χ0v) is 10.3. The highest BCUT2D eigenvalue weighted by Gasteiger charge is 2.34. The summed E-state index contributed by atoms with van der Waals surface area (Å²) in [6.07, 6.45) is 2.70. The van der Waals surface area contributed by atoms with E-state index >= 15 is 0 Å². The van der Waals surface area contributed by atoms with Crippen LogP contribution in [0.15, 0.2) is 6.33 Å². The summed E-state index contributed by atoms with van der Waals surface area (Å²) >= 11 is 0. The van der Waals surface area contributed by atoms with E-state index in [2.05, 4.69) is 9.97 Å². The number of nitrogen functional groups attached to an aromatic ring is 1. The third-order valence-corrected chi connectivity index (χ3v) is 3.17. The lowest BCUT2D eigenvalue weighted by Crippen LogP contribution is -2.50. The molecule has 1 atom stereocenters. The molecule has 1 aromatic heterocycles. The molecule has 0 aromatic carbocycles. The molecule has 1 aliphatic rings. The zero-order chi connectivity index (χ0) is 13.2. The van der Waals surface area contributed by atoms with Gasteiger partial charge in [0.05, 0.1) is 20.3 Å².